The number of phenols is 2. The highest BCUT2D eigenvalue weighted by Crippen LogP contribution is 2.25. The third kappa shape index (κ3) is 4.74. The number of hydrogen-bond acceptors (Lipinski definition) is 6. The number of aromatic hydroxyl groups is 2. The number of rotatable bonds is 6. The van der Waals surface area contributed by atoms with Crippen LogP contribution in [0.1, 0.15) is 5.56 Å². The molecule has 1 unspecified atom stereocenters. The lowest BCUT2D eigenvalue weighted by Crippen LogP contribution is -2.45. The molecule has 19 heavy (non-hydrogen) atoms. The van der Waals surface area contributed by atoms with Crippen LogP contribution in [0.5, 0.6) is 11.5 Å². The molecule has 1 aromatic carbocycles. The molecule has 1 aromatic rings. The van der Waals surface area contributed by atoms with E-state index in [-0.39, 0.29) is 24.5 Å². The Morgan fingerprint density at radius 1 is 1.32 bits per heavy atom. The summed E-state index contributed by atoms with van der Waals surface area (Å²) in [5.41, 5.74) is 6.26. The third-order valence-electron chi connectivity index (χ3n) is 2.55. The van der Waals surface area contributed by atoms with Crippen molar-refractivity contribution in [3.63, 3.8) is 0 Å². The Labute approximate surface area is 110 Å². The third-order valence-corrected chi connectivity index (χ3v) is 2.55. The molecule has 0 saturated carbocycles. The number of carbonyl (C=O) groups is 1. The Bertz CT molecular complexity index is 438. The van der Waals surface area contributed by atoms with Gasteiger partial charge in [0, 0.05) is 6.54 Å². The van der Waals surface area contributed by atoms with Gasteiger partial charge in [0.1, 0.15) is 0 Å². The van der Waals surface area contributed by atoms with Gasteiger partial charge in [-0.05, 0) is 24.1 Å². The minimum atomic E-state index is -1.02. The topological polar surface area (TPSA) is 136 Å². The molecule has 2 atom stereocenters. The van der Waals surface area contributed by atoms with E-state index >= 15 is 0 Å². The molecule has 0 aliphatic heterocycles. The monoisotopic (exact) mass is 270 g/mol. The van der Waals surface area contributed by atoms with Crippen LogP contribution >= 0.6 is 0 Å². The molecule has 0 aliphatic carbocycles. The molecule has 7 heteroatoms. The van der Waals surface area contributed by atoms with Gasteiger partial charge in [-0.2, -0.15) is 0 Å². The number of aliphatic hydroxyl groups excluding tert-OH is 2. The van der Waals surface area contributed by atoms with Gasteiger partial charge in [-0.3, -0.25) is 4.79 Å². The van der Waals surface area contributed by atoms with Gasteiger partial charge in [0.15, 0.2) is 11.5 Å². The van der Waals surface area contributed by atoms with E-state index < -0.39 is 24.7 Å². The summed E-state index contributed by atoms with van der Waals surface area (Å²) in [4.78, 5) is 11.6. The van der Waals surface area contributed by atoms with Crippen molar-refractivity contribution in [1.82, 2.24) is 5.32 Å². The van der Waals surface area contributed by atoms with Crippen LogP contribution in [0.15, 0.2) is 18.2 Å². The van der Waals surface area contributed by atoms with Crippen LogP contribution in [0.4, 0.5) is 0 Å². The van der Waals surface area contributed by atoms with Crippen molar-refractivity contribution < 1.29 is 25.2 Å². The van der Waals surface area contributed by atoms with E-state index in [9.17, 15) is 9.90 Å². The normalized spacial score (nSPS) is 13.8. The van der Waals surface area contributed by atoms with Crippen LogP contribution < -0.4 is 11.1 Å². The lowest BCUT2D eigenvalue weighted by molar-refractivity contribution is -0.122. The number of nitrogens with two attached hydrogens (primary N) is 1. The summed E-state index contributed by atoms with van der Waals surface area (Å²) in [5, 5.41) is 38.5. The summed E-state index contributed by atoms with van der Waals surface area (Å²) in [5.74, 6) is -0.992. The average molecular weight is 270 g/mol. The van der Waals surface area contributed by atoms with E-state index in [2.05, 4.69) is 5.32 Å². The minimum Gasteiger partial charge on any atom is -0.504 e. The van der Waals surface area contributed by atoms with Gasteiger partial charge in [0.2, 0.25) is 5.91 Å². The Hall–Kier alpha value is -1.83. The van der Waals surface area contributed by atoms with Gasteiger partial charge >= 0.3 is 0 Å². The Morgan fingerprint density at radius 2 is 2.00 bits per heavy atom. The second kappa shape index (κ2) is 6.93. The van der Waals surface area contributed by atoms with Crippen LogP contribution in [-0.2, 0) is 11.2 Å². The van der Waals surface area contributed by atoms with Crippen molar-refractivity contribution in [1.29, 1.82) is 0 Å². The summed E-state index contributed by atoms with van der Waals surface area (Å²) < 4.78 is 0. The number of carbonyl (C=O) groups excluding carboxylic acids is 1. The van der Waals surface area contributed by atoms with Crippen LogP contribution in [0, 0.1) is 0 Å². The molecule has 0 aliphatic rings. The standard InChI is InChI=1S/C12H18N2O5/c13-9(12(19)14-5-8(16)6-15)3-7-1-2-10(17)11(18)4-7/h1-2,4,8-9,15-18H,3,5-6,13H2,(H,14,19)/t8?,9-/m0/s1. The van der Waals surface area contributed by atoms with Crippen molar-refractivity contribution in [2.24, 2.45) is 5.73 Å². The van der Waals surface area contributed by atoms with Crippen molar-refractivity contribution in [2.75, 3.05) is 13.2 Å². The fourth-order valence-electron chi connectivity index (χ4n) is 1.46. The van der Waals surface area contributed by atoms with Gasteiger partial charge < -0.3 is 31.5 Å². The number of phenolic OH excluding ortho intramolecular Hbond substituents is 2. The molecular weight excluding hydrogens is 252 g/mol. The maximum atomic E-state index is 11.6. The SMILES string of the molecule is N[C@@H](Cc1ccc(O)c(O)c1)C(=O)NCC(O)CO. The van der Waals surface area contributed by atoms with Gasteiger partial charge in [-0.25, -0.2) is 0 Å². The first-order valence-electron chi connectivity index (χ1n) is 5.77. The molecule has 1 rings (SSSR count). The lowest BCUT2D eigenvalue weighted by atomic mass is 10.1. The fraction of sp³-hybridized carbons (Fsp3) is 0.417. The fourth-order valence-corrected chi connectivity index (χ4v) is 1.46. The maximum Gasteiger partial charge on any atom is 0.237 e. The first-order chi connectivity index (χ1) is 8.93. The summed E-state index contributed by atoms with van der Waals surface area (Å²) >= 11 is 0. The number of hydrogen-bond donors (Lipinski definition) is 6. The largest absolute Gasteiger partial charge is 0.504 e. The molecule has 7 N–H and O–H groups in total. The van der Waals surface area contributed by atoms with Gasteiger partial charge in [-0.15, -0.1) is 0 Å². The minimum absolute atomic E-state index is 0.0795. The van der Waals surface area contributed by atoms with Crippen LogP contribution in [0.3, 0.4) is 0 Å². The Kier molecular flexibility index (Phi) is 5.56. The zero-order valence-electron chi connectivity index (χ0n) is 10.3. The van der Waals surface area contributed by atoms with Gasteiger partial charge in [0.05, 0.1) is 18.8 Å². The van der Waals surface area contributed by atoms with E-state index in [1.165, 1.54) is 12.1 Å². The van der Waals surface area contributed by atoms with Crippen molar-refractivity contribution in [2.45, 2.75) is 18.6 Å². The summed E-state index contributed by atoms with van der Waals surface area (Å²) in [6.07, 6.45) is -0.844. The van der Waals surface area contributed by atoms with Gasteiger partial charge in [0.25, 0.3) is 0 Å². The predicted molar refractivity (Wildman–Crippen MR) is 67.6 cm³/mol. The molecule has 106 valence electrons. The lowest BCUT2D eigenvalue weighted by Gasteiger charge is -2.14. The van der Waals surface area contributed by atoms with Crippen molar-refractivity contribution in [3.05, 3.63) is 23.8 Å². The van der Waals surface area contributed by atoms with Crippen LogP contribution in [0.2, 0.25) is 0 Å². The first kappa shape index (κ1) is 15.2. The number of amides is 1. The van der Waals surface area contributed by atoms with E-state index in [1.807, 2.05) is 0 Å². The number of benzene rings is 1. The summed E-state index contributed by atoms with van der Waals surface area (Å²) in [6, 6.07) is 3.33. The number of aliphatic hydroxyl groups is 2. The maximum absolute atomic E-state index is 11.6. The van der Waals surface area contributed by atoms with Crippen LogP contribution in [-0.4, -0.2) is 51.6 Å². The molecule has 0 heterocycles. The first-order valence-corrected chi connectivity index (χ1v) is 5.77. The van der Waals surface area contributed by atoms with E-state index in [0.29, 0.717) is 5.56 Å². The molecule has 0 radical (unpaired) electrons. The summed E-state index contributed by atoms with van der Waals surface area (Å²) in [7, 11) is 0. The van der Waals surface area contributed by atoms with Gasteiger partial charge in [-0.1, -0.05) is 6.07 Å². The molecule has 0 fully saturated rings. The number of nitrogens with one attached hydrogen (secondary N) is 1. The van der Waals surface area contributed by atoms with Crippen molar-refractivity contribution in [3.8, 4) is 11.5 Å². The van der Waals surface area contributed by atoms with Crippen molar-refractivity contribution >= 4 is 5.91 Å². The zero-order valence-corrected chi connectivity index (χ0v) is 10.3. The molecule has 0 spiro atoms. The second-order valence-corrected chi connectivity index (χ2v) is 4.22. The zero-order chi connectivity index (χ0) is 14.4. The molecule has 0 aromatic heterocycles. The molecule has 1 amide bonds. The quantitative estimate of drug-likeness (QED) is 0.346. The summed E-state index contributed by atoms with van der Waals surface area (Å²) in [6.45, 7) is -0.523. The average Bonchev–Trinajstić information content (AvgIpc) is 2.39. The van der Waals surface area contributed by atoms with E-state index in [4.69, 9.17) is 21.1 Å². The molecule has 0 bridgehead atoms. The molecule has 7 nitrogen and oxygen atoms in total. The van der Waals surface area contributed by atoms with E-state index in [0.717, 1.165) is 0 Å². The Balaban J connectivity index is 2.51. The predicted octanol–water partition coefficient (Wildman–Crippen LogP) is -1.56. The highest BCUT2D eigenvalue weighted by Gasteiger charge is 2.15. The highest BCUT2D eigenvalue weighted by molar-refractivity contribution is 5.81. The second-order valence-electron chi connectivity index (χ2n) is 4.22. The van der Waals surface area contributed by atoms with E-state index in [1.54, 1.807) is 6.07 Å². The Morgan fingerprint density at radius 3 is 2.58 bits per heavy atom. The van der Waals surface area contributed by atoms with Crippen LogP contribution in [0.25, 0.3) is 0 Å². The molecular formula is C12H18N2O5. The molecule has 0 saturated heterocycles. The highest BCUT2D eigenvalue weighted by atomic mass is 16.3. The smallest absolute Gasteiger partial charge is 0.237 e.